The molecule has 284 valence electrons. The van der Waals surface area contributed by atoms with Crippen molar-refractivity contribution in [2.45, 2.75) is 239 Å². The van der Waals surface area contributed by atoms with Crippen LogP contribution in [0.3, 0.4) is 0 Å². The van der Waals surface area contributed by atoms with E-state index in [4.69, 9.17) is 24.4 Å². The Hall–Kier alpha value is -1.16. The summed E-state index contributed by atoms with van der Waals surface area (Å²) < 4.78 is 10.8. The lowest BCUT2D eigenvalue weighted by molar-refractivity contribution is -0.458. The van der Waals surface area contributed by atoms with E-state index >= 15 is 0 Å². The molecule has 0 atom stereocenters. The van der Waals surface area contributed by atoms with Crippen LogP contribution in [0, 0.1) is 0 Å². The van der Waals surface area contributed by atoms with Gasteiger partial charge in [0.15, 0.2) is 0 Å². The molecule has 0 radical (unpaired) electrons. The van der Waals surface area contributed by atoms with E-state index in [1.54, 1.807) is 6.92 Å². The second-order valence-corrected chi connectivity index (χ2v) is 13.9. The van der Waals surface area contributed by atoms with Crippen molar-refractivity contribution in [3.63, 3.8) is 0 Å². The van der Waals surface area contributed by atoms with Gasteiger partial charge in [-0.15, -0.1) is 0 Å². The molecule has 0 aromatic rings. The summed E-state index contributed by atoms with van der Waals surface area (Å²) in [4.78, 5) is 34.6. The van der Waals surface area contributed by atoms with Crippen LogP contribution < -0.4 is 0 Å². The second kappa shape index (κ2) is 35.7. The van der Waals surface area contributed by atoms with Gasteiger partial charge in [0.25, 0.3) is 0 Å². The van der Waals surface area contributed by atoms with E-state index in [0.29, 0.717) is 12.8 Å². The third-order valence-corrected chi connectivity index (χ3v) is 9.20. The molecular weight excluding hydrogens is 607 g/mol. The molecule has 0 aliphatic heterocycles. The predicted molar refractivity (Wildman–Crippen MR) is 197 cm³/mol. The first-order valence-corrected chi connectivity index (χ1v) is 20.5. The van der Waals surface area contributed by atoms with Crippen molar-refractivity contribution in [2.75, 3.05) is 0 Å². The fraction of sp³-hybridized carbons (Fsp3) is 0.949. The average Bonchev–Trinajstić information content (AvgIpc) is 3.07. The Kier molecular flexibility index (Phi) is 34.8. The van der Waals surface area contributed by atoms with E-state index in [2.05, 4.69) is 18.7 Å². The Morgan fingerprint density at radius 1 is 0.438 bits per heavy atom. The number of carbonyl (C=O) groups is 2. The van der Waals surface area contributed by atoms with Crippen LogP contribution in [0.15, 0.2) is 0 Å². The number of esters is 2. The Morgan fingerprint density at radius 2 is 0.688 bits per heavy atom. The Labute approximate surface area is 296 Å². The molecule has 0 aliphatic carbocycles. The zero-order chi connectivity index (χ0) is 35.4. The monoisotopic (exact) mass is 685 g/mol. The van der Waals surface area contributed by atoms with Gasteiger partial charge < -0.3 is 19.5 Å². The molecule has 48 heavy (non-hydrogen) atoms. The fourth-order valence-electron chi connectivity index (χ4n) is 6.10. The maximum absolute atomic E-state index is 12.6. The van der Waals surface area contributed by atoms with E-state index in [0.717, 1.165) is 38.5 Å². The van der Waals surface area contributed by atoms with Gasteiger partial charge in [-0.3, -0.25) is 9.59 Å². The zero-order valence-electron chi connectivity index (χ0n) is 31.8. The predicted octanol–water partition coefficient (Wildman–Crippen LogP) is 11.6. The summed E-state index contributed by atoms with van der Waals surface area (Å²) in [5.41, 5.74) is 0. The molecule has 0 amide bonds. The van der Waals surface area contributed by atoms with Gasteiger partial charge in [-0.05, 0) is 12.8 Å². The lowest BCUT2D eigenvalue weighted by Crippen LogP contribution is -2.44. The van der Waals surface area contributed by atoms with Gasteiger partial charge in [-0.1, -0.05) is 201 Å². The third-order valence-electron chi connectivity index (χ3n) is 9.20. The third kappa shape index (κ3) is 32.1. The first-order chi connectivity index (χ1) is 23.4. The van der Waals surface area contributed by atoms with Gasteiger partial charge in [-0.25, -0.2) is 4.81 Å². The molecule has 8 nitrogen and oxygen atoms in total. The van der Waals surface area contributed by atoms with E-state index in [1.165, 1.54) is 141 Å². The molecule has 0 unspecified atom stereocenters. The molecule has 0 spiro atoms. The van der Waals surface area contributed by atoms with Crippen molar-refractivity contribution < 1.29 is 38.8 Å². The normalized spacial score (nSPS) is 11.6. The van der Waals surface area contributed by atoms with Crippen molar-refractivity contribution in [3.05, 3.63) is 0 Å². The van der Waals surface area contributed by atoms with Gasteiger partial charge in [0.2, 0.25) is 0 Å². The van der Waals surface area contributed by atoms with Crippen LogP contribution in [-0.4, -0.2) is 35.3 Å². The van der Waals surface area contributed by atoms with Crippen molar-refractivity contribution in [2.24, 2.45) is 0 Å². The van der Waals surface area contributed by atoms with Gasteiger partial charge in [0.05, 0.1) is 6.42 Å². The maximum atomic E-state index is 12.6. The van der Waals surface area contributed by atoms with Crippen LogP contribution in [0.1, 0.15) is 233 Å². The number of rotatable bonds is 38. The molecule has 2 N–H and O–H groups in total. The van der Waals surface area contributed by atoms with Gasteiger partial charge in [0.1, 0.15) is 0 Å². The molecule has 0 bridgehead atoms. The summed E-state index contributed by atoms with van der Waals surface area (Å²) in [6.45, 7) is 6.12. The van der Waals surface area contributed by atoms with Gasteiger partial charge >= 0.3 is 25.2 Å². The Balaban J connectivity index is 4.06. The van der Waals surface area contributed by atoms with Crippen LogP contribution >= 0.6 is 0 Å². The standard InChI is InChI=1S/C39H77BO8/c1-4-7-9-11-13-15-17-19-21-23-25-27-29-31-33-35-37(41)45-39(6-3,47-48-40(43)44)46-38(42)36-34-32-30-28-26-24-22-20-18-16-14-12-10-8-5-2/h43-44H,4-36H2,1-3H3. The molecule has 0 aromatic heterocycles. The van der Waals surface area contributed by atoms with Gasteiger partial charge in [0, 0.05) is 12.8 Å². The Bertz CT molecular complexity index is 657. The summed E-state index contributed by atoms with van der Waals surface area (Å²) in [6, 6.07) is 0. The summed E-state index contributed by atoms with van der Waals surface area (Å²) in [7, 11) is -2.26. The minimum atomic E-state index is -2.26. The highest BCUT2D eigenvalue weighted by Crippen LogP contribution is 2.24. The molecule has 0 heterocycles. The van der Waals surface area contributed by atoms with Gasteiger partial charge in [-0.2, -0.15) is 4.89 Å². The SMILES string of the molecule is CCCCCCCCCCCCCCCCCC(=O)OC(CC)(OOB(O)O)OC(=O)CCCCCCCCCCCCCCCCC. The van der Waals surface area contributed by atoms with Crippen LogP contribution in [-0.2, 0) is 28.8 Å². The molecule has 0 saturated carbocycles. The van der Waals surface area contributed by atoms with Crippen molar-refractivity contribution in [3.8, 4) is 0 Å². The van der Waals surface area contributed by atoms with E-state index < -0.39 is 25.2 Å². The largest absolute Gasteiger partial charge is 0.662 e. The van der Waals surface area contributed by atoms with E-state index in [9.17, 15) is 9.59 Å². The van der Waals surface area contributed by atoms with Crippen molar-refractivity contribution >= 4 is 19.3 Å². The van der Waals surface area contributed by atoms with Crippen molar-refractivity contribution in [1.82, 2.24) is 0 Å². The highest BCUT2D eigenvalue weighted by molar-refractivity contribution is 6.32. The molecular formula is C39H77BO8. The van der Waals surface area contributed by atoms with Crippen LogP contribution in [0.4, 0.5) is 0 Å². The van der Waals surface area contributed by atoms with Crippen LogP contribution in [0.5, 0.6) is 0 Å². The summed E-state index contributed by atoms with van der Waals surface area (Å²) in [6.07, 6.45) is 37.2. The number of unbranched alkanes of at least 4 members (excludes halogenated alkanes) is 28. The minimum Gasteiger partial charge on any atom is -0.400 e. The summed E-state index contributed by atoms with van der Waals surface area (Å²) in [5.74, 6) is -3.31. The smallest absolute Gasteiger partial charge is 0.400 e. The lowest BCUT2D eigenvalue weighted by atomic mass is 10.0. The zero-order valence-corrected chi connectivity index (χ0v) is 31.8. The van der Waals surface area contributed by atoms with Crippen molar-refractivity contribution in [1.29, 1.82) is 0 Å². The highest BCUT2D eigenvalue weighted by Gasteiger charge is 2.41. The number of hydrogen-bond acceptors (Lipinski definition) is 8. The summed E-state index contributed by atoms with van der Waals surface area (Å²) in [5, 5.41) is 18.2. The van der Waals surface area contributed by atoms with E-state index in [1.807, 2.05) is 0 Å². The number of carbonyl (C=O) groups excluding carboxylic acids is 2. The summed E-state index contributed by atoms with van der Waals surface area (Å²) >= 11 is 0. The number of hydrogen-bond donors (Lipinski definition) is 2. The Morgan fingerprint density at radius 3 is 0.917 bits per heavy atom. The van der Waals surface area contributed by atoms with Crippen LogP contribution in [0.2, 0.25) is 0 Å². The average molecular weight is 685 g/mol. The fourth-order valence-corrected chi connectivity index (χ4v) is 6.10. The molecule has 0 fully saturated rings. The molecule has 0 aromatic carbocycles. The maximum Gasteiger partial charge on any atom is 0.662 e. The second-order valence-electron chi connectivity index (χ2n) is 13.9. The van der Waals surface area contributed by atoms with Crippen LogP contribution in [0.25, 0.3) is 0 Å². The highest BCUT2D eigenvalue weighted by atomic mass is 17.3. The molecule has 0 rings (SSSR count). The topological polar surface area (TPSA) is 112 Å². The number of ether oxygens (including phenoxy) is 2. The molecule has 0 aliphatic rings. The lowest BCUT2D eigenvalue weighted by Gasteiger charge is -2.29. The van der Waals surface area contributed by atoms with E-state index in [-0.39, 0.29) is 19.3 Å². The first-order valence-electron chi connectivity index (χ1n) is 20.5. The quantitative estimate of drug-likeness (QED) is 0.0165. The first kappa shape index (κ1) is 46.8. The molecule has 0 saturated heterocycles. The minimum absolute atomic E-state index is 0.0606. The molecule has 9 heteroatoms.